The molecule has 0 radical (unpaired) electrons. The van der Waals surface area contributed by atoms with Gasteiger partial charge >= 0.3 is 0 Å². The second kappa shape index (κ2) is 4.94. The Labute approximate surface area is 86.3 Å². The summed E-state index contributed by atoms with van der Waals surface area (Å²) in [7, 11) is 0. The molecule has 0 N–H and O–H groups in total. The van der Waals surface area contributed by atoms with Crippen molar-refractivity contribution in [1.29, 1.82) is 0 Å². The fourth-order valence-electron chi connectivity index (χ4n) is 2.17. The van der Waals surface area contributed by atoms with Crippen molar-refractivity contribution in [3.63, 3.8) is 0 Å². The van der Waals surface area contributed by atoms with Gasteiger partial charge in [-0.05, 0) is 44.9 Å². The van der Waals surface area contributed by atoms with Gasteiger partial charge in [0, 0.05) is 6.61 Å². The lowest BCUT2D eigenvalue weighted by Crippen LogP contribution is -2.29. The van der Waals surface area contributed by atoms with Crippen molar-refractivity contribution in [3.8, 4) is 0 Å². The lowest BCUT2D eigenvalue weighted by molar-refractivity contribution is -0.191. The molecule has 80 valence electrons. The van der Waals surface area contributed by atoms with Crippen LogP contribution in [0.15, 0.2) is 12.2 Å². The quantitative estimate of drug-likeness (QED) is 0.632. The monoisotopic (exact) mass is 196 g/mol. The zero-order valence-corrected chi connectivity index (χ0v) is 8.84. The molecule has 0 bridgehead atoms. The topological polar surface area (TPSA) is 18.5 Å². The second-order valence-electron chi connectivity index (χ2n) is 4.38. The van der Waals surface area contributed by atoms with E-state index in [9.17, 15) is 0 Å². The van der Waals surface area contributed by atoms with Crippen molar-refractivity contribution in [3.05, 3.63) is 12.2 Å². The fraction of sp³-hybridized carbons (Fsp3) is 0.833. The normalized spacial score (nSPS) is 30.6. The van der Waals surface area contributed by atoms with Crippen molar-refractivity contribution in [2.75, 3.05) is 6.61 Å². The molecule has 2 nitrogen and oxygen atoms in total. The molecule has 1 saturated heterocycles. The third-order valence-corrected chi connectivity index (χ3v) is 3.12. The van der Waals surface area contributed by atoms with E-state index in [1.54, 1.807) is 0 Å². The highest BCUT2D eigenvalue weighted by atomic mass is 16.7. The average molecular weight is 196 g/mol. The Hall–Kier alpha value is -0.340. The second-order valence-corrected chi connectivity index (χ2v) is 4.38. The Morgan fingerprint density at radius 1 is 1.14 bits per heavy atom. The lowest BCUT2D eigenvalue weighted by Gasteiger charge is -2.30. The molecule has 0 aromatic carbocycles. The number of rotatable bonds is 2. The third kappa shape index (κ3) is 2.82. The van der Waals surface area contributed by atoms with Gasteiger partial charge in [-0.3, -0.25) is 0 Å². The smallest absolute Gasteiger partial charge is 0.157 e. The number of hydrogen-bond donors (Lipinski definition) is 0. The van der Waals surface area contributed by atoms with Gasteiger partial charge in [-0.2, -0.15) is 0 Å². The fourth-order valence-corrected chi connectivity index (χ4v) is 2.17. The van der Waals surface area contributed by atoms with Crippen LogP contribution in [-0.2, 0) is 9.47 Å². The summed E-state index contributed by atoms with van der Waals surface area (Å²) in [6.45, 7) is 4.89. The molecular weight excluding hydrogens is 176 g/mol. The van der Waals surface area contributed by atoms with E-state index in [0.717, 1.165) is 38.7 Å². The highest BCUT2D eigenvalue weighted by Gasteiger charge is 2.22. The average Bonchev–Trinajstić information content (AvgIpc) is 2.23. The van der Waals surface area contributed by atoms with Gasteiger partial charge in [0.2, 0.25) is 0 Å². The molecule has 2 fully saturated rings. The van der Waals surface area contributed by atoms with Crippen LogP contribution < -0.4 is 0 Å². The van der Waals surface area contributed by atoms with Gasteiger partial charge in [0.15, 0.2) is 6.29 Å². The minimum Gasteiger partial charge on any atom is -0.353 e. The molecule has 14 heavy (non-hydrogen) atoms. The maximum Gasteiger partial charge on any atom is 0.157 e. The van der Waals surface area contributed by atoms with Crippen LogP contribution in [0.2, 0.25) is 0 Å². The van der Waals surface area contributed by atoms with Crippen molar-refractivity contribution >= 4 is 0 Å². The standard InChI is InChI=1S/C12H20O2/c1-10-5-7-11(8-6-10)14-12-4-2-3-9-13-12/h11-12H,1-9H2. The Morgan fingerprint density at radius 2 is 1.93 bits per heavy atom. The molecule has 1 unspecified atom stereocenters. The van der Waals surface area contributed by atoms with Gasteiger partial charge in [-0.15, -0.1) is 0 Å². The van der Waals surface area contributed by atoms with E-state index >= 15 is 0 Å². The van der Waals surface area contributed by atoms with Crippen LogP contribution in [0.3, 0.4) is 0 Å². The summed E-state index contributed by atoms with van der Waals surface area (Å²) in [6.07, 6.45) is 8.58. The van der Waals surface area contributed by atoms with E-state index in [0.29, 0.717) is 6.10 Å². The van der Waals surface area contributed by atoms with Gasteiger partial charge in [0.25, 0.3) is 0 Å². The molecule has 0 aromatic heterocycles. The first-order valence-corrected chi connectivity index (χ1v) is 5.78. The Bertz CT molecular complexity index is 184. The zero-order valence-electron chi connectivity index (χ0n) is 8.84. The van der Waals surface area contributed by atoms with Gasteiger partial charge in [-0.25, -0.2) is 0 Å². The molecular formula is C12H20O2. The lowest BCUT2D eigenvalue weighted by atomic mass is 9.94. The maximum absolute atomic E-state index is 5.92. The zero-order chi connectivity index (χ0) is 9.80. The molecule has 2 heteroatoms. The van der Waals surface area contributed by atoms with Gasteiger partial charge in [0.1, 0.15) is 0 Å². The van der Waals surface area contributed by atoms with E-state index in [4.69, 9.17) is 9.47 Å². The largest absolute Gasteiger partial charge is 0.353 e. The van der Waals surface area contributed by atoms with Crippen molar-refractivity contribution < 1.29 is 9.47 Å². The molecule has 0 spiro atoms. The first-order valence-electron chi connectivity index (χ1n) is 5.78. The molecule has 1 aliphatic carbocycles. The van der Waals surface area contributed by atoms with E-state index in [1.807, 2.05) is 0 Å². The summed E-state index contributed by atoms with van der Waals surface area (Å²) in [5, 5.41) is 0. The van der Waals surface area contributed by atoms with Crippen LogP contribution in [0, 0.1) is 0 Å². The molecule has 0 aromatic rings. The van der Waals surface area contributed by atoms with E-state index < -0.39 is 0 Å². The van der Waals surface area contributed by atoms with E-state index in [-0.39, 0.29) is 6.29 Å². The van der Waals surface area contributed by atoms with E-state index in [2.05, 4.69) is 6.58 Å². The van der Waals surface area contributed by atoms with Gasteiger partial charge in [-0.1, -0.05) is 12.2 Å². The molecule has 1 atom stereocenters. The maximum atomic E-state index is 5.92. The summed E-state index contributed by atoms with van der Waals surface area (Å²) < 4.78 is 11.5. The first-order chi connectivity index (χ1) is 6.84. The highest BCUT2D eigenvalue weighted by Crippen LogP contribution is 2.26. The molecule has 1 heterocycles. The van der Waals surface area contributed by atoms with Crippen LogP contribution in [0.25, 0.3) is 0 Å². The van der Waals surface area contributed by atoms with Crippen molar-refractivity contribution in [2.45, 2.75) is 57.3 Å². The summed E-state index contributed by atoms with van der Waals surface area (Å²) in [4.78, 5) is 0. The summed E-state index contributed by atoms with van der Waals surface area (Å²) in [5.41, 5.74) is 1.38. The molecule has 0 amide bonds. The van der Waals surface area contributed by atoms with Crippen molar-refractivity contribution in [1.82, 2.24) is 0 Å². The van der Waals surface area contributed by atoms with Crippen molar-refractivity contribution in [2.24, 2.45) is 0 Å². The summed E-state index contributed by atoms with van der Waals surface area (Å²) in [5.74, 6) is 0. The first kappa shape index (κ1) is 10.2. The Kier molecular flexibility index (Phi) is 3.60. The summed E-state index contributed by atoms with van der Waals surface area (Å²) >= 11 is 0. The van der Waals surface area contributed by atoms with Gasteiger partial charge in [0.05, 0.1) is 6.10 Å². The number of allylic oxidation sites excluding steroid dienone is 1. The van der Waals surface area contributed by atoms with Crippen LogP contribution >= 0.6 is 0 Å². The minimum absolute atomic E-state index is 0.0834. The predicted molar refractivity (Wildman–Crippen MR) is 56.1 cm³/mol. The molecule has 1 aliphatic heterocycles. The SMILES string of the molecule is C=C1CCC(OC2CCCCO2)CC1. The number of hydrogen-bond acceptors (Lipinski definition) is 2. The van der Waals surface area contributed by atoms with Crippen LogP contribution in [0.5, 0.6) is 0 Å². The molecule has 2 aliphatic rings. The van der Waals surface area contributed by atoms with Gasteiger partial charge < -0.3 is 9.47 Å². The number of ether oxygens (including phenoxy) is 2. The van der Waals surface area contributed by atoms with Crippen LogP contribution in [0.4, 0.5) is 0 Å². The predicted octanol–water partition coefficient (Wildman–Crippen LogP) is 3.03. The van der Waals surface area contributed by atoms with E-state index in [1.165, 1.54) is 18.4 Å². The molecule has 1 saturated carbocycles. The third-order valence-electron chi connectivity index (χ3n) is 3.12. The Morgan fingerprint density at radius 3 is 2.57 bits per heavy atom. The van der Waals surface area contributed by atoms with Crippen LogP contribution in [0.1, 0.15) is 44.9 Å². The Balaban J connectivity index is 1.71. The van der Waals surface area contributed by atoms with Crippen LogP contribution in [-0.4, -0.2) is 19.0 Å². The summed E-state index contributed by atoms with van der Waals surface area (Å²) in [6, 6.07) is 0. The minimum atomic E-state index is 0.0834. The molecule has 2 rings (SSSR count). The highest BCUT2D eigenvalue weighted by molar-refractivity contribution is 4.98.